The molecule has 0 radical (unpaired) electrons. The maximum atomic E-state index is 12.4. The Morgan fingerprint density at radius 3 is 2.41 bits per heavy atom. The highest BCUT2D eigenvalue weighted by Crippen LogP contribution is 2.21. The van der Waals surface area contributed by atoms with Crippen LogP contribution >= 0.6 is 11.3 Å². The Hall–Kier alpha value is -2.71. The van der Waals surface area contributed by atoms with Gasteiger partial charge in [-0.25, -0.2) is 13.4 Å². The number of sulfonamides is 1. The zero-order chi connectivity index (χ0) is 19.4. The summed E-state index contributed by atoms with van der Waals surface area (Å²) < 4.78 is 27.2. The lowest BCUT2D eigenvalue weighted by Gasteiger charge is -2.13. The van der Waals surface area contributed by atoms with Crippen LogP contribution in [0.3, 0.4) is 0 Å². The van der Waals surface area contributed by atoms with E-state index >= 15 is 0 Å². The van der Waals surface area contributed by atoms with Crippen LogP contribution in [0.5, 0.6) is 0 Å². The second kappa shape index (κ2) is 7.89. The molecule has 0 aliphatic heterocycles. The summed E-state index contributed by atoms with van der Waals surface area (Å²) in [4.78, 5) is 16.6. The van der Waals surface area contributed by atoms with Gasteiger partial charge in [-0.3, -0.25) is 9.52 Å². The molecule has 140 valence electrons. The number of amides is 1. The van der Waals surface area contributed by atoms with Crippen LogP contribution in [0.25, 0.3) is 0 Å². The summed E-state index contributed by atoms with van der Waals surface area (Å²) in [6, 6.07) is 15.9. The maximum absolute atomic E-state index is 12.4. The lowest BCUT2D eigenvalue weighted by molar-refractivity contribution is 0.0935. The predicted molar refractivity (Wildman–Crippen MR) is 106 cm³/mol. The normalized spacial score (nSPS) is 12.4. The summed E-state index contributed by atoms with van der Waals surface area (Å²) in [5.41, 5.74) is 2.11. The highest BCUT2D eigenvalue weighted by atomic mass is 32.2. The summed E-state index contributed by atoms with van der Waals surface area (Å²) in [5.74, 6) is -0.358. The van der Waals surface area contributed by atoms with E-state index in [1.54, 1.807) is 12.1 Å². The number of hydrogen-bond acceptors (Lipinski definition) is 5. The van der Waals surface area contributed by atoms with Gasteiger partial charge in [-0.1, -0.05) is 48.0 Å². The Morgan fingerprint density at radius 1 is 1.07 bits per heavy atom. The van der Waals surface area contributed by atoms with E-state index in [-0.39, 0.29) is 27.7 Å². The highest BCUT2D eigenvalue weighted by Gasteiger charge is 2.19. The van der Waals surface area contributed by atoms with Gasteiger partial charge in [0.2, 0.25) is 0 Å². The van der Waals surface area contributed by atoms with E-state index in [1.165, 1.54) is 17.5 Å². The average Bonchev–Trinajstić information content (AvgIpc) is 3.10. The molecule has 0 spiro atoms. The number of nitrogens with one attached hydrogen (secondary N) is 2. The van der Waals surface area contributed by atoms with Crippen LogP contribution in [0.2, 0.25) is 0 Å². The first kappa shape index (κ1) is 19.1. The maximum Gasteiger partial charge on any atom is 0.271 e. The molecule has 0 saturated heterocycles. The van der Waals surface area contributed by atoms with Crippen molar-refractivity contribution in [1.29, 1.82) is 0 Å². The fourth-order valence-corrected chi connectivity index (χ4v) is 4.36. The molecule has 3 rings (SSSR count). The minimum Gasteiger partial charge on any atom is -0.344 e. The first-order valence-electron chi connectivity index (χ1n) is 8.26. The Bertz CT molecular complexity index is 1030. The summed E-state index contributed by atoms with van der Waals surface area (Å²) in [7, 11) is -3.74. The van der Waals surface area contributed by atoms with Gasteiger partial charge < -0.3 is 5.32 Å². The molecule has 1 amide bonds. The van der Waals surface area contributed by atoms with Gasteiger partial charge in [0.15, 0.2) is 5.13 Å². The van der Waals surface area contributed by atoms with Crippen LogP contribution in [0.1, 0.15) is 34.6 Å². The number of benzene rings is 2. The van der Waals surface area contributed by atoms with Crippen molar-refractivity contribution in [3.8, 4) is 0 Å². The fraction of sp³-hybridized carbons (Fsp3) is 0.158. The molecule has 2 N–H and O–H groups in total. The molecule has 0 saturated carbocycles. The van der Waals surface area contributed by atoms with E-state index in [9.17, 15) is 13.2 Å². The van der Waals surface area contributed by atoms with Crippen LogP contribution in [0.4, 0.5) is 5.13 Å². The number of anilines is 1. The Labute approximate surface area is 162 Å². The Morgan fingerprint density at radius 2 is 1.74 bits per heavy atom. The van der Waals surface area contributed by atoms with Gasteiger partial charge in [0.05, 0.1) is 10.9 Å². The van der Waals surface area contributed by atoms with Gasteiger partial charge >= 0.3 is 0 Å². The number of carbonyl (C=O) groups excluding carboxylic acids is 1. The zero-order valence-corrected chi connectivity index (χ0v) is 16.5. The topological polar surface area (TPSA) is 88.2 Å². The van der Waals surface area contributed by atoms with Crippen molar-refractivity contribution in [3.63, 3.8) is 0 Å². The second-order valence-corrected chi connectivity index (χ2v) is 8.60. The summed E-state index contributed by atoms with van der Waals surface area (Å²) >= 11 is 1.06. The smallest absolute Gasteiger partial charge is 0.271 e. The number of aryl methyl sites for hydroxylation is 1. The van der Waals surface area contributed by atoms with E-state index in [0.29, 0.717) is 0 Å². The molecule has 0 bridgehead atoms. The number of nitrogens with zero attached hydrogens (tertiary/aromatic N) is 1. The molecule has 1 aromatic heterocycles. The molecule has 3 aromatic rings. The molecule has 2 aromatic carbocycles. The van der Waals surface area contributed by atoms with Crippen molar-refractivity contribution in [3.05, 3.63) is 76.8 Å². The highest BCUT2D eigenvalue weighted by molar-refractivity contribution is 7.93. The Kier molecular flexibility index (Phi) is 5.57. The van der Waals surface area contributed by atoms with E-state index < -0.39 is 10.0 Å². The molecule has 8 heteroatoms. The standard InChI is InChI=1S/C19H19N3O3S2/c1-13-8-10-16(11-9-13)27(24,25)22-19-21-17(12-26-19)18(23)20-14(2)15-6-4-3-5-7-15/h3-12,14H,1-2H3,(H,20,23)(H,21,22). The summed E-state index contributed by atoms with van der Waals surface area (Å²) in [6.07, 6.45) is 0. The van der Waals surface area contributed by atoms with Gasteiger partial charge in [-0.2, -0.15) is 0 Å². The van der Waals surface area contributed by atoms with Gasteiger partial charge in [0.1, 0.15) is 5.69 Å². The van der Waals surface area contributed by atoms with E-state index in [2.05, 4.69) is 15.0 Å². The quantitative estimate of drug-likeness (QED) is 0.658. The molecule has 0 aliphatic carbocycles. The Balaban J connectivity index is 1.69. The first-order valence-corrected chi connectivity index (χ1v) is 10.6. The van der Waals surface area contributed by atoms with Crippen LogP contribution in [-0.2, 0) is 10.0 Å². The summed E-state index contributed by atoms with van der Waals surface area (Å²) in [6.45, 7) is 3.76. The van der Waals surface area contributed by atoms with Crippen molar-refractivity contribution in [1.82, 2.24) is 10.3 Å². The van der Waals surface area contributed by atoms with Crippen molar-refractivity contribution < 1.29 is 13.2 Å². The second-order valence-electron chi connectivity index (χ2n) is 6.06. The number of hydrogen-bond donors (Lipinski definition) is 2. The van der Waals surface area contributed by atoms with Crippen LogP contribution < -0.4 is 10.0 Å². The predicted octanol–water partition coefficient (Wildman–Crippen LogP) is 3.74. The monoisotopic (exact) mass is 401 g/mol. The third-order valence-electron chi connectivity index (χ3n) is 3.94. The van der Waals surface area contributed by atoms with Crippen molar-refractivity contribution in [2.45, 2.75) is 24.8 Å². The largest absolute Gasteiger partial charge is 0.344 e. The molecule has 6 nitrogen and oxygen atoms in total. The van der Waals surface area contributed by atoms with Gasteiger partial charge in [0, 0.05) is 5.38 Å². The molecule has 0 aliphatic rings. The average molecular weight is 402 g/mol. The van der Waals surface area contributed by atoms with Crippen LogP contribution in [-0.4, -0.2) is 19.3 Å². The molecule has 1 heterocycles. The third-order valence-corrected chi connectivity index (χ3v) is 6.18. The van der Waals surface area contributed by atoms with Crippen molar-refractivity contribution in [2.24, 2.45) is 0 Å². The van der Waals surface area contributed by atoms with Crippen molar-refractivity contribution >= 4 is 32.4 Å². The fourth-order valence-electron chi connectivity index (χ4n) is 2.41. The number of carbonyl (C=O) groups is 1. The molecule has 0 fully saturated rings. The zero-order valence-electron chi connectivity index (χ0n) is 14.8. The van der Waals surface area contributed by atoms with Gasteiger partial charge in [0.25, 0.3) is 15.9 Å². The lowest BCUT2D eigenvalue weighted by atomic mass is 10.1. The molecular weight excluding hydrogens is 382 g/mol. The lowest BCUT2D eigenvalue weighted by Crippen LogP contribution is -2.27. The molecule has 1 atom stereocenters. The minimum atomic E-state index is -3.74. The molecule has 1 unspecified atom stereocenters. The molecular formula is C19H19N3O3S2. The number of aromatic nitrogens is 1. The minimum absolute atomic E-state index is 0.145. The van der Waals surface area contributed by atoms with Crippen molar-refractivity contribution in [2.75, 3.05) is 4.72 Å². The number of thiazole rings is 1. The first-order chi connectivity index (χ1) is 12.8. The third kappa shape index (κ3) is 4.72. The SMILES string of the molecule is Cc1ccc(S(=O)(=O)Nc2nc(C(=O)NC(C)c3ccccc3)cs2)cc1. The summed E-state index contributed by atoms with van der Waals surface area (Å²) in [5, 5.41) is 4.53. The van der Waals surface area contributed by atoms with E-state index in [0.717, 1.165) is 22.5 Å². The molecule has 27 heavy (non-hydrogen) atoms. The van der Waals surface area contributed by atoms with Crippen LogP contribution in [0, 0.1) is 6.92 Å². The van der Waals surface area contributed by atoms with Gasteiger partial charge in [-0.05, 0) is 31.5 Å². The van der Waals surface area contributed by atoms with E-state index in [1.807, 2.05) is 44.2 Å². The van der Waals surface area contributed by atoms with Crippen LogP contribution in [0.15, 0.2) is 64.9 Å². The van der Waals surface area contributed by atoms with E-state index in [4.69, 9.17) is 0 Å². The number of rotatable bonds is 6. The van der Waals surface area contributed by atoms with Gasteiger partial charge in [-0.15, -0.1) is 11.3 Å².